The first kappa shape index (κ1) is 12.8. The van der Waals surface area contributed by atoms with Crippen LogP contribution in [-0.2, 0) is 4.12 Å². The standard InChI is InChI=1S/C14H22OSi2/c1-16(2,13-9-5-6-10-13)15-17(3,4)14-11-7-8-12-14/h5,7,9-12H,6,8H2,1-4H3. The van der Waals surface area contributed by atoms with Crippen LogP contribution in [0, 0.1) is 0 Å². The average Bonchev–Trinajstić information content (AvgIpc) is 2.91. The van der Waals surface area contributed by atoms with Crippen LogP contribution in [0.3, 0.4) is 0 Å². The molecule has 92 valence electrons. The van der Waals surface area contributed by atoms with E-state index < -0.39 is 16.6 Å². The monoisotopic (exact) mass is 262 g/mol. The van der Waals surface area contributed by atoms with Gasteiger partial charge >= 0.3 is 0 Å². The van der Waals surface area contributed by atoms with Crippen molar-refractivity contribution in [3.8, 4) is 0 Å². The van der Waals surface area contributed by atoms with Crippen LogP contribution in [0.1, 0.15) is 12.8 Å². The van der Waals surface area contributed by atoms with Crippen LogP contribution in [0.4, 0.5) is 0 Å². The normalized spacial score (nSPS) is 19.8. The average molecular weight is 263 g/mol. The van der Waals surface area contributed by atoms with Crippen LogP contribution >= 0.6 is 0 Å². The van der Waals surface area contributed by atoms with Gasteiger partial charge in [0.05, 0.1) is 0 Å². The molecule has 0 spiro atoms. The van der Waals surface area contributed by atoms with Gasteiger partial charge in [-0.3, -0.25) is 0 Å². The molecule has 0 bridgehead atoms. The minimum atomic E-state index is -1.71. The molecular formula is C14H22OSi2. The minimum Gasteiger partial charge on any atom is -0.449 e. The molecule has 0 aromatic carbocycles. The van der Waals surface area contributed by atoms with Gasteiger partial charge in [0, 0.05) is 0 Å². The summed E-state index contributed by atoms with van der Waals surface area (Å²) in [5.74, 6) is 0. The summed E-state index contributed by atoms with van der Waals surface area (Å²) in [5, 5.41) is 2.92. The van der Waals surface area contributed by atoms with Crippen LogP contribution < -0.4 is 0 Å². The fourth-order valence-electron chi connectivity index (χ4n) is 2.56. The highest BCUT2D eigenvalue weighted by Crippen LogP contribution is 2.30. The van der Waals surface area contributed by atoms with Crippen molar-refractivity contribution in [1.82, 2.24) is 0 Å². The van der Waals surface area contributed by atoms with Crippen molar-refractivity contribution in [1.29, 1.82) is 0 Å². The van der Waals surface area contributed by atoms with E-state index in [1.807, 2.05) is 0 Å². The summed E-state index contributed by atoms with van der Waals surface area (Å²) in [7, 11) is -3.42. The van der Waals surface area contributed by atoms with Gasteiger partial charge in [0.25, 0.3) is 0 Å². The Kier molecular flexibility index (Phi) is 3.43. The second kappa shape index (κ2) is 4.55. The topological polar surface area (TPSA) is 9.23 Å². The highest BCUT2D eigenvalue weighted by molar-refractivity contribution is 6.92. The van der Waals surface area contributed by atoms with Gasteiger partial charge in [-0.05, 0) is 49.4 Å². The SMILES string of the molecule is C[Si](C)(O[Si](C)(C)C1=CCC=C1)C1=CCC=C1. The Bertz CT molecular complexity index is 386. The van der Waals surface area contributed by atoms with Gasteiger partial charge < -0.3 is 4.12 Å². The molecule has 2 aliphatic carbocycles. The maximum Gasteiger partial charge on any atom is 0.205 e. The first-order chi connectivity index (χ1) is 7.92. The summed E-state index contributed by atoms with van der Waals surface area (Å²) in [6.45, 7) is 9.29. The number of rotatable bonds is 4. The van der Waals surface area contributed by atoms with Crippen LogP contribution in [0.25, 0.3) is 0 Å². The van der Waals surface area contributed by atoms with Crippen molar-refractivity contribution < 1.29 is 4.12 Å². The number of hydrogen-bond donors (Lipinski definition) is 0. The van der Waals surface area contributed by atoms with Gasteiger partial charge in [-0.15, -0.1) is 0 Å². The third-order valence-corrected chi connectivity index (χ3v) is 11.0. The lowest BCUT2D eigenvalue weighted by atomic mass is 10.5. The molecule has 0 aromatic rings. The van der Waals surface area contributed by atoms with Crippen LogP contribution in [-0.4, -0.2) is 16.6 Å². The van der Waals surface area contributed by atoms with Crippen LogP contribution in [0.2, 0.25) is 26.2 Å². The first-order valence-corrected chi connectivity index (χ1v) is 12.2. The Labute approximate surface area is 107 Å². The molecule has 0 aliphatic heterocycles. The summed E-state index contributed by atoms with van der Waals surface area (Å²) >= 11 is 0. The van der Waals surface area contributed by atoms with Crippen molar-refractivity contribution in [2.75, 3.05) is 0 Å². The van der Waals surface area contributed by atoms with Gasteiger partial charge in [-0.1, -0.05) is 36.5 Å². The quantitative estimate of drug-likeness (QED) is 0.688. The molecule has 0 amide bonds. The van der Waals surface area contributed by atoms with E-state index in [4.69, 9.17) is 4.12 Å². The minimum absolute atomic E-state index is 1.08. The van der Waals surface area contributed by atoms with E-state index in [-0.39, 0.29) is 0 Å². The van der Waals surface area contributed by atoms with Gasteiger partial charge in [0.15, 0.2) is 0 Å². The van der Waals surface area contributed by atoms with E-state index >= 15 is 0 Å². The zero-order valence-electron chi connectivity index (χ0n) is 11.3. The molecule has 0 fully saturated rings. The third kappa shape index (κ3) is 2.79. The Morgan fingerprint density at radius 2 is 1.24 bits per heavy atom. The lowest BCUT2D eigenvalue weighted by molar-refractivity contribution is 0.565. The Morgan fingerprint density at radius 1 is 0.824 bits per heavy atom. The lowest BCUT2D eigenvalue weighted by Gasteiger charge is -2.35. The molecule has 0 atom stereocenters. The zero-order chi connectivity index (χ0) is 12.5. The molecule has 0 aromatic heterocycles. The van der Waals surface area contributed by atoms with Gasteiger partial charge in [-0.2, -0.15) is 0 Å². The van der Waals surface area contributed by atoms with E-state index in [0.29, 0.717) is 0 Å². The zero-order valence-corrected chi connectivity index (χ0v) is 13.3. The van der Waals surface area contributed by atoms with Crippen molar-refractivity contribution in [3.05, 3.63) is 46.8 Å². The van der Waals surface area contributed by atoms with Gasteiger partial charge in [0.2, 0.25) is 16.6 Å². The highest BCUT2D eigenvalue weighted by atomic mass is 28.4. The van der Waals surface area contributed by atoms with Crippen molar-refractivity contribution >= 4 is 16.6 Å². The van der Waals surface area contributed by atoms with E-state index in [1.165, 1.54) is 10.4 Å². The maximum absolute atomic E-state index is 6.63. The summed E-state index contributed by atoms with van der Waals surface area (Å²) < 4.78 is 6.63. The molecule has 0 radical (unpaired) electrons. The van der Waals surface area contributed by atoms with Gasteiger partial charge in [0.1, 0.15) is 0 Å². The van der Waals surface area contributed by atoms with E-state index in [1.54, 1.807) is 0 Å². The molecule has 0 heterocycles. The molecule has 0 saturated carbocycles. The number of allylic oxidation sites excluding steroid dienone is 8. The molecule has 0 saturated heterocycles. The molecule has 2 rings (SSSR count). The lowest BCUT2D eigenvalue weighted by Crippen LogP contribution is -2.46. The first-order valence-electron chi connectivity index (χ1n) is 6.36. The van der Waals surface area contributed by atoms with Crippen molar-refractivity contribution in [2.24, 2.45) is 0 Å². The van der Waals surface area contributed by atoms with E-state index in [0.717, 1.165) is 12.8 Å². The fraction of sp³-hybridized carbons (Fsp3) is 0.429. The van der Waals surface area contributed by atoms with Crippen LogP contribution in [0.15, 0.2) is 46.8 Å². The second-order valence-electron chi connectivity index (χ2n) is 5.72. The Hall–Kier alpha value is -0.646. The Morgan fingerprint density at radius 3 is 1.53 bits per heavy atom. The second-order valence-corrected chi connectivity index (χ2v) is 13.7. The number of hydrogen-bond acceptors (Lipinski definition) is 1. The summed E-state index contributed by atoms with van der Waals surface area (Å²) in [6.07, 6.45) is 15.8. The maximum atomic E-state index is 6.63. The molecule has 1 nitrogen and oxygen atoms in total. The highest BCUT2D eigenvalue weighted by Gasteiger charge is 2.37. The Balaban J connectivity index is 2.14. The predicted molar refractivity (Wildman–Crippen MR) is 79.7 cm³/mol. The molecular weight excluding hydrogens is 240 g/mol. The van der Waals surface area contributed by atoms with Gasteiger partial charge in [-0.25, -0.2) is 0 Å². The molecule has 2 aliphatic rings. The molecule has 17 heavy (non-hydrogen) atoms. The van der Waals surface area contributed by atoms with Crippen molar-refractivity contribution in [2.45, 2.75) is 39.0 Å². The van der Waals surface area contributed by atoms with Crippen molar-refractivity contribution in [3.63, 3.8) is 0 Å². The third-order valence-electron chi connectivity index (χ3n) is 3.44. The summed E-state index contributed by atoms with van der Waals surface area (Å²) in [4.78, 5) is 0. The van der Waals surface area contributed by atoms with E-state index in [9.17, 15) is 0 Å². The summed E-state index contributed by atoms with van der Waals surface area (Å²) in [5.41, 5.74) is 0. The van der Waals surface area contributed by atoms with E-state index in [2.05, 4.69) is 62.6 Å². The molecule has 3 heteroatoms. The van der Waals surface area contributed by atoms with Crippen LogP contribution in [0.5, 0.6) is 0 Å². The largest absolute Gasteiger partial charge is 0.449 e. The molecule has 0 unspecified atom stereocenters. The predicted octanol–water partition coefficient (Wildman–Crippen LogP) is 4.26. The summed E-state index contributed by atoms with van der Waals surface area (Å²) in [6, 6.07) is 0. The fourth-order valence-corrected chi connectivity index (χ4v) is 10.9. The smallest absolute Gasteiger partial charge is 0.205 e. The molecule has 0 N–H and O–H groups in total.